The highest BCUT2D eigenvalue weighted by Crippen LogP contribution is 2.52. The van der Waals surface area contributed by atoms with Crippen molar-refractivity contribution in [3.05, 3.63) is 174 Å². The number of carbonyl (C=O) groups is 3. The molecule has 0 bridgehead atoms. The molecular weight excluding hydrogens is 723 g/mol. The highest BCUT2D eigenvalue weighted by Gasteiger charge is 2.43. The predicted octanol–water partition coefficient (Wildman–Crippen LogP) is 10.2. The summed E-state index contributed by atoms with van der Waals surface area (Å²) in [7, 11) is 0. The van der Waals surface area contributed by atoms with Crippen LogP contribution in [0, 0.1) is 0 Å². The number of carbonyl (C=O) groups excluding carboxylic acids is 3. The molecule has 2 amide bonds. The van der Waals surface area contributed by atoms with E-state index in [2.05, 4.69) is 81.1 Å². The van der Waals surface area contributed by atoms with Crippen LogP contribution in [0.15, 0.2) is 155 Å². The monoisotopic (exact) mass is 753 g/mol. The van der Waals surface area contributed by atoms with Crippen LogP contribution in [0.4, 0.5) is 22.7 Å². The Hall–Kier alpha value is -7.78. The van der Waals surface area contributed by atoms with Gasteiger partial charge in [0, 0.05) is 75.1 Å². The smallest absolute Gasteiger partial charge is 0.306 e. The number of para-hydroxylation sites is 4. The molecule has 12 rings (SSSR count). The average Bonchev–Trinajstić information content (AvgIpc) is 4.12. The van der Waals surface area contributed by atoms with Crippen molar-refractivity contribution < 1.29 is 18.8 Å². The van der Waals surface area contributed by atoms with E-state index < -0.39 is 17.6 Å². The Kier molecular flexibility index (Phi) is 6.78. The van der Waals surface area contributed by atoms with Gasteiger partial charge in [-0.25, -0.2) is 9.89 Å². The fourth-order valence-electron chi connectivity index (χ4n) is 9.23. The van der Waals surface area contributed by atoms with Crippen molar-refractivity contribution in [1.82, 2.24) is 9.38 Å². The summed E-state index contributed by atoms with van der Waals surface area (Å²) in [5.74, 6) is -1.96. The van der Waals surface area contributed by atoms with Crippen molar-refractivity contribution in [1.29, 1.82) is 0 Å². The molecule has 1 N–H and O–H groups in total. The van der Waals surface area contributed by atoms with Gasteiger partial charge in [0.25, 0.3) is 5.78 Å². The van der Waals surface area contributed by atoms with Crippen LogP contribution in [0.5, 0.6) is 0 Å². The number of aromatic amines is 1. The molecule has 0 unspecified atom stereocenters. The standard InChI is InChI=1S/C49H31N5O4/c55-45-32-14-4-8-19-40(32)54(48(45)56)49(57)46-33-27-41(53-24-20-28-11-3-7-17-38(28)53)42(31-21-23-52-22-10-9-18-39(31)52)44(36-25-29-12-1-5-15-34(29)50-36)43(33)47(58-46)37-26-30-13-2-6-16-35(30)51-37/h1-19,21-23,25,27,50H,20,24,26H2. The van der Waals surface area contributed by atoms with Gasteiger partial charge in [-0.05, 0) is 78.2 Å². The number of nitrogens with one attached hydrogen (secondary N) is 1. The second kappa shape index (κ2) is 12.1. The van der Waals surface area contributed by atoms with Crippen LogP contribution in [0.2, 0.25) is 0 Å². The van der Waals surface area contributed by atoms with Crippen LogP contribution in [0.25, 0.3) is 49.6 Å². The first-order valence-electron chi connectivity index (χ1n) is 19.3. The molecule has 0 spiro atoms. The summed E-state index contributed by atoms with van der Waals surface area (Å²) in [6.07, 6.45) is 5.43. The number of amides is 2. The number of hydrogen-bond donors (Lipinski definition) is 1. The summed E-state index contributed by atoms with van der Waals surface area (Å²) < 4.78 is 9.03. The molecule has 9 aromatic rings. The van der Waals surface area contributed by atoms with Crippen molar-refractivity contribution in [3.63, 3.8) is 0 Å². The molecule has 276 valence electrons. The lowest BCUT2D eigenvalue weighted by Crippen LogP contribution is -2.35. The number of furan rings is 1. The van der Waals surface area contributed by atoms with Gasteiger partial charge in [0.1, 0.15) is 0 Å². The van der Waals surface area contributed by atoms with E-state index in [0.717, 1.165) is 72.8 Å². The summed E-state index contributed by atoms with van der Waals surface area (Å²) in [5.41, 5.74) is 11.7. The first kappa shape index (κ1) is 32.5. The molecule has 9 heteroatoms. The molecule has 0 saturated heterocycles. The largest absolute Gasteiger partial charge is 0.448 e. The summed E-state index contributed by atoms with van der Waals surface area (Å²) >= 11 is 0. The molecule has 58 heavy (non-hydrogen) atoms. The predicted molar refractivity (Wildman–Crippen MR) is 226 cm³/mol. The van der Waals surface area contributed by atoms with Crippen LogP contribution in [0.3, 0.4) is 0 Å². The Balaban J connectivity index is 1.24. The van der Waals surface area contributed by atoms with E-state index in [1.165, 1.54) is 5.56 Å². The maximum absolute atomic E-state index is 15.1. The van der Waals surface area contributed by atoms with Crippen LogP contribution >= 0.6 is 0 Å². The molecule has 5 aromatic carbocycles. The van der Waals surface area contributed by atoms with Gasteiger partial charge in [-0.2, -0.15) is 0 Å². The Morgan fingerprint density at radius 3 is 2.36 bits per heavy atom. The number of Topliss-reactive ketones (excluding diaryl/α,β-unsaturated/α-hetero) is 1. The van der Waals surface area contributed by atoms with E-state index >= 15 is 4.79 Å². The highest BCUT2D eigenvalue weighted by atomic mass is 16.4. The summed E-state index contributed by atoms with van der Waals surface area (Å²) in [6, 6.07) is 43.7. The summed E-state index contributed by atoms with van der Waals surface area (Å²) in [5, 5.41) is 2.23. The number of rotatable bonds is 5. The van der Waals surface area contributed by atoms with Crippen molar-refractivity contribution in [2.45, 2.75) is 12.8 Å². The number of nitrogens with zero attached hydrogens (tertiary/aromatic N) is 4. The molecule has 0 saturated carbocycles. The number of aromatic nitrogens is 2. The first-order chi connectivity index (χ1) is 28.5. The van der Waals surface area contributed by atoms with Crippen LogP contribution in [0.1, 0.15) is 37.8 Å². The number of fused-ring (bicyclic) bond motifs is 6. The number of pyridine rings is 1. The Bertz CT molecular complexity index is 3280. The molecule has 0 fully saturated rings. The van der Waals surface area contributed by atoms with Gasteiger partial charge in [0.05, 0.1) is 33.9 Å². The quantitative estimate of drug-likeness (QED) is 0.139. The fourth-order valence-corrected chi connectivity index (χ4v) is 9.23. The zero-order valence-electron chi connectivity index (χ0n) is 30.9. The maximum Gasteiger partial charge on any atom is 0.306 e. The molecule has 0 atom stereocenters. The van der Waals surface area contributed by atoms with Crippen molar-refractivity contribution in [3.8, 4) is 22.4 Å². The van der Waals surface area contributed by atoms with E-state index in [1.54, 1.807) is 24.3 Å². The second-order valence-corrected chi connectivity index (χ2v) is 15.0. The van der Waals surface area contributed by atoms with Gasteiger partial charge in [-0.3, -0.25) is 14.4 Å². The van der Waals surface area contributed by atoms with E-state index in [9.17, 15) is 9.59 Å². The third kappa shape index (κ3) is 4.58. The molecule has 0 aliphatic carbocycles. The van der Waals surface area contributed by atoms with Gasteiger partial charge >= 0.3 is 11.8 Å². The minimum Gasteiger partial charge on any atom is -0.448 e. The number of H-pyrrole nitrogens is 1. The van der Waals surface area contributed by atoms with Gasteiger partial charge in [0.15, 0.2) is 5.76 Å². The van der Waals surface area contributed by atoms with Crippen LogP contribution in [-0.2, 0) is 17.6 Å². The lowest BCUT2D eigenvalue weighted by atomic mass is 9.89. The summed E-state index contributed by atoms with van der Waals surface area (Å²) in [4.78, 5) is 54.3. The van der Waals surface area contributed by atoms with E-state index in [-0.39, 0.29) is 17.0 Å². The number of aliphatic imine (C=N–C) groups is 1. The summed E-state index contributed by atoms with van der Waals surface area (Å²) in [6.45, 7) is 0.707. The molecule has 4 aromatic heterocycles. The molecule has 3 aliphatic rings. The van der Waals surface area contributed by atoms with Crippen molar-refractivity contribution >= 4 is 73.3 Å². The lowest BCUT2D eigenvalue weighted by Gasteiger charge is -2.26. The normalized spacial score (nSPS) is 14.5. The SMILES string of the molecule is O=C1C(=O)N(C(=O)c2oc(C3=Nc4ccccc4C3)c3c(-c4cc5ccccc5[nH]4)c(-c4ccn5ccccc45)c(N4CCc5ccccc54)cc23)c2ccccc21. The van der Waals surface area contributed by atoms with Gasteiger partial charge in [-0.15, -0.1) is 0 Å². The van der Waals surface area contributed by atoms with E-state index in [4.69, 9.17) is 9.41 Å². The zero-order valence-corrected chi connectivity index (χ0v) is 30.9. The van der Waals surface area contributed by atoms with Crippen LogP contribution in [-0.4, -0.2) is 39.2 Å². The van der Waals surface area contributed by atoms with Gasteiger partial charge < -0.3 is 18.7 Å². The Labute approximate surface area is 331 Å². The average molecular weight is 754 g/mol. The third-order valence-corrected chi connectivity index (χ3v) is 11.8. The van der Waals surface area contributed by atoms with Crippen molar-refractivity contribution in [2.75, 3.05) is 16.3 Å². The van der Waals surface area contributed by atoms with Gasteiger partial charge in [0.2, 0.25) is 5.76 Å². The highest BCUT2D eigenvalue weighted by molar-refractivity contribution is 6.57. The molecule has 0 radical (unpaired) electrons. The number of imide groups is 1. The molecule has 7 heterocycles. The first-order valence-corrected chi connectivity index (χ1v) is 19.3. The minimum atomic E-state index is -0.913. The van der Waals surface area contributed by atoms with E-state index in [1.807, 2.05) is 54.7 Å². The van der Waals surface area contributed by atoms with Gasteiger partial charge in [-0.1, -0.05) is 72.8 Å². The third-order valence-electron chi connectivity index (χ3n) is 11.8. The fraction of sp³-hybridized carbons (Fsp3) is 0.0612. The Morgan fingerprint density at radius 2 is 1.48 bits per heavy atom. The zero-order chi connectivity index (χ0) is 38.6. The lowest BCUT2D eigenvalue weighted by molar-refractivity contribution is -0.113. The van der Waals surface area contributed by atoms with Crippen LogP contribution < -0.4 is 9.80 Å². The minimum absolute atomic E-state index is 0.0408. The molecule has 3 aliphatic heterocycles. The number of anilines is 3. The number of benzene rings is 5. The number of hydrogen-bond acceptors (Lipinski definition) is 6. The molecule has 9 nitrogen and oxygen atoms in total. The molecular formula is C49H31N5O4. The maximum atomic E-state index is 15.1. The Morgan fingerprint density at radius 1 is 0.707 bits per heavy atom. The number of ketones is 1. The van der Waals surface area contributed by atoms with E-state index in [0.29, 0.717) is 35.2 Å². The second-order valence-electron chi connectivity index (χ2n) is 15.0. The topological polar surface area (TPSA) is 103 Å². The van der Waals surface area contributed by atoms with Crippen molar-refractivity contribution in [2.24, 2.45) is 4.99 Å².